The molecule has 2 amide bonds. The Morgan fingerprint density at radius 1 is 1.00 bits per heavy atom. The molecule has 3 aromatic carbocycles. The number of nitrogens with one attached hydrogen (secondary N) is 1. The molecule has 0 saturated carbocycles. The third-order valence-corrected chi connectivity index (χ3v) is 6.08. The lowest BCUT2D eigenvalue weighted by molar-refractivity contribution is -0.118. The molecule has 5 nitrogen and oxygen atoms in total. The quantitative estimate of drug-likeness (QED) is 0.509. The molecule has 0 unspecified atom stereocenters. The number of carbonyl (C=O) groups excluding carboxylic acids is 2. The second-order valence-electron chi connectivity index (χ2n) is 8.32. The number of anilines is 2. The van der Waals surface area contributed by atoms with Crippen molar-refractivity contribution in [2.24, 2.45) is 0 Å². The van der Waals surface area contributed by atoms with Crippen molar-refractivity contribution in [1.82, 2.24) is 0 Å². The number of carbonyl (C=O) groups is 2. The van der Waals surface area contributed by atoms with Crippen LogP contribution in [0.1, 0.15) is 39.9 Å². The molecule has 0 atom stereocenters. The fourth-order valence-electron chi connectivity index (χ4n) is 4.12. The van der Waals surface area contributed by atoms with E-state index in [0.717, 1.165) is 41.6 Å². The topological polar surface area (TPSA) is 58.6 Å². The van der Waals surface area contributed by atoms with E-state index >= 15 is 0 Å². The smallest absolute Gasteiger partial charge is 0.262 e. The summed E-state index contributed by atoms with van der Waals surface area (Å²) in [5.74, 6) is 0.387. The molecule has 33 heavy (non-hydrogen) atoms. The number of rotatable bonds is 5. The Labute approximate surface area is 199 Å². The molecule has 1 aliphatic rings. The molecule has 4 rings (SSSR count). The Balaban J connectivity index is 1.46. The summed E-state index contributed by atoms with van der Waals surface area (Å²) < 4.78 is 5.61. The van der Waals surface area contributed by atoms with E-state index in [1.807, 2.05) is 67.3 Å². The van der Waals surface area contributed by atoms with Crippen molar-refractivity contribution in [3.8, 4) is 5.75 Å². The fraction of sp³-hybridized carbons (Fsp3) is 0.259. The minimum atomic E-state index is -0.255. The summed E-state index contributed by atoms with van der Waals surface area (Å²) in [5, 5.41) is 3.53. The third-order valence-electron chi connectivity index (χ3n) is 5.85. The average molecular weight is 463 g/mol. The number of benzene rings is 3. The number of para-hydroxylation sites is 1. The zero-order valence-electron chi connectivity index (χ0n) is 18.9. The first-order chi connectivity index (χ1) is 15.9. The maximum absolute atomic E-state index is 13.4. The van der Waals surface area contributed by atoms with E-state index < -0.39 is 0 Å². The fourth-order valence-corrected chi connectivity index (χ4v) is 4.31. The molecule has 0 bridgehead atoms. The summed E-state index contributed by atoms with van der Waals surface area (Å²) >= 11 is 6.18. The van der Waals surface area contributed by atoms with Crippen LogP contribution in [0.25, 0.3) is 0 Å². The van der Waals surface area contributed by atoms with Crippen molar-refractivity contribution in [2.75, 3.05) is 23.4 Å². The van der Waals surface area contributed by atoms with Crippen LogP contribution in [0.2, 0.25) is 5.02 Å². The Morgan fingerprint density at radius 3 is 2.61 bits per heavy atom. The second kappa shape index (κ2) is 10.1. The van der Waals surface area contributed by atoms with Gasteiger partial charge >= 0.3 is 0 Å². The van der Waals surface area contributed by atoms with Crippen molar-refractivity contribution in [3.63, 3.8) is 0 Å². The Hall–Kier alpha value is -3.31. The number of hydrogen-bond acceptors (Lipinski definition) is 3. The van der Waals surface area contributed by atoms with E-state index in [2.05, 4.69) is 5.32 Å². The summed E-state index contributed by atoms with van der Waals surface area (Å²) in [4.78, 5) is 27.6. The maximum Gasteiger partial charge on any atom is 0.262 e. The monoisotopic (exact) mass is 462 g/mol. The third kappa shape index (κ3) is 5.37. The van der Waals surface area contributed by atoms with Gasteiger partial charge in [-0.25, -0.2) is 0 Å². The highest BCUT2D eigenvalue weighted by atomic mass is 35.5. The lowest BCUT2D eigenvalue weighted by Gasteiger charge is -2.24. The molecule has 0 aliphatic carbocycles. The zero-order valence-corrected chi connectivity index (χ0v) is 19.6. The highest BCUT2D eigenvalue weighted by molar-refractivity contribution is 6.30. The number of fused-ring (bicyclic) bond motifs is 1. The van der Waals surface area contributed by atoms with Gasteiger partial charge in [0.15, 0.2) is 6.61 Å². The summed E-state index contributed by atoms with van der Waals surface area (Å²) in [7, 11) is 0. The van der Waals surface area contributed by atoms with Crippen LogP contribution in [0.4, 0.5) is 11.4 Å². The number of amides is 2. The van der Waals surface area contributed by atoms with Gasteiger partial charge in [-0.1, -0.05) is 29.8 Å². The van der Waals surface area contributed by atoms with Crippen molar-refractivity contribution < 1.29 is 14.3 Å². The van der Waals surface area contributed by atoms with Crippen LogP contribution >= 0.6 is 11.6 Å². The predicted molar refractivity (Wildman–Crippen MR) is 133 cm³/mol. The summed E-state index contributed by atoms with van der Waals surface area (Å²) in [6.45, 7) is 4.40. The second-order valence-corrected chi connectivity index (χ2v) is 8.76. The first kappa shape index (κ1) is 22.9. The van der Waals surface area contributed by atoms with Crippen LogP contribution in [-0.4, -0.2) is 25.0 Å². The van der Waals surface area contributed by atoms with Crippen molar-refractivity contribution in [3.05, 3.63) is 87.9 Å². The van der Waals surface area contributed by atoms with Crippen LogP contribution < -0.4 is 15.0 Å². The lowest BCUT2D eigenvalue weighted by atomic mass is 10.0. The van der Waals surface area contributed by atoms with Gasteiger partial charge in [-0.15, -0.1) is 0 Å². The normalized spacial score (nSPS) is 13.1. The SMILES string of the molecule is Cc1ccccc1OCC(=O)Nc1ccc(C(=O)N2CCCCc3cc(Cl)ccc32)c(C)c1. The molecular weight excluding hydrogens is 436 g/mol. The van der Waals surface area contributed by atoms with Crippen LogP contribution in [0, 0.1) is 13.8 Å². The van der Waals surface area contributed by atoms with Gasteiger partial charge in [0.1, 0.15) is 5.75 Å². The van der Waals surface area contributed by atoms with Crippen LogP contribution in [0.15, 0.2) is 60.7 Å². The summed E-state index contributed by atoms with van der Waals surface area (Å²) in [6, 6.07) is 18.6. The van der Waals surface area contributed by atoms with Crippen LogP contribution in [0.3, 0.4) is 0 Å². The van der Waals surface area contributed by atoms with Gasteiger partial charge in [0, 0.05) is 28.5 Å². The molecule has 1 aliphatic heterocycles. The molecule has 1 heterocycles. The van der Waals surface area contributed by atoms with Gasteiger partial charge in [-0.2, -0.15) is 0 Å². The molecule has 0 spiro atoms. The highest BCUT2D eigenvalue weighted by Crippen LogP contribution is 2.31. The van der Waals surface area contributed by atoms with E-state index in [1.165, 1.54) is 0 Å². The molecule has 1 N–H and O–H groups in total. The van der Waals surface area contributed by atoms with Gasteiger partial charge in [0.05, 0.1) is 0 Å². The molecule has 0 aromatic heterocycles. The van der Waals surface area contributed by atoms with Gasteiger partial charge in [-0.3, -0.25) is 9.59 Å². The Morgan fingerprint density at radius 2 is 1.82 bits per heavy atom. The molecule has 3 aromatic rings. The lowest BCUT2D eigenvalue weighted by Crippen LogP contribution is -2.32. The van der Waals surface area contributed by atoms with Crippen molar-refractivity contribution in [1.29, 1.82) is 0 Å². The summed E-state index contributed by atoms with van der Waals surface area (Å²) in [6.07, 6.45) is 2.87. The number of aryl methyl sites for hydroxylation is 3. The average Bonchev–Trinajstić information content (AvgIpc) is 3.00. The number of nitrogens with zero attached hydrogens (tertiary/aromatic N) is 1. The van der Waals surface area contributed by atoms with E-state index in [9.17, 15) is 9.59 Å². The molecule has 0 saturated heterocycles. The van der Waals surface area contributed by atoms with Crippen LogP contribution in [-0.2, 0) is 11.2 Å². The molecule has 0 fully saturated rings. The van der Waals surface area contributed by atoms with E-state index in [1.54, 1.807) is 12.1 Å². The van der Waals surface area contributed by atoms with Gasteiger partial charge in [-0.05, 0) is 92.3 Å². The zero-order chi connectivity index (χ0) is 23.4. The van der Waals surface area contributed by atoms with E-state index in [4.69, 9.17) is 16.3 Å². The number of ether oxygens (including phenoxy) is 1. The molecular formula is C27H27ClN2O3. The molecule has 170 valence electrons. The van der Waals surface area contributed by atoms with E-state index in [-0.39, 0.29) is 18.4 Å². The van der Waals surface area contributed by atoms with Crippen molar-refractivity contribution >= 4 is 34.8 Å². The first-order valence-corrected chi connectivity index (χ1v) is 11.5. The van der Waals surface area contributed by atoms with Gasteiger partial charge < -0.3 is 15.0 Å². The van der Waals surface area contributed by atoms with E-state index in [0.29, 0.717) is 28.6 Å². The first-order valence-electron chi connectivity index (χ1n) is 11.1. The minimum Gasteiger partial charge on any atom is -0.483 e. The van der Waals surface area contributed by atoms with Crippen LogP contribution in [0.5, 0.6) is 5.75 Å². The minimum absolute atomic E-state index is 0.0428. The largest absolute Gasteiger partial charge is 0.483 e. The Kier molecular flexibility index (Phi) is 6.99. The molecule has 0 radical (unpaired) electrons. The predicted octanol–water partition coefficient (Wildman–Crippen LogP) is 5.96. The molecule has 6 heteroatoms. The summed E-state index contributed by atoms with van der Waals surface area (Å²) in [5.41, 5.74) is 5.05. The van der Waals surface area contributed by atoms with Gasteiger partial charge in [0.2, 0.25) is 0 Å². The number of halogens is 1. The van der Waals surface area contributed by atoms with Gasteiger partial charge in [0.25, 0.3) is 11.8 Å². The standard InChI is InChI=1S/C27H27ClN2O3/c1-18-7-3-4-9-25(18)33-17-26(31)29-22-11-12-23(19(2)15-22)27(32)30-14-6-5-8-20-16-21(28)10-13-24(20)30/h3-4,7,9-13,15-16H,5-6,8,14,17H2,1-2H3,(H,29,31). The Bertz CT molecular complexity index is 1190. The highest BCUT2D eigenvalue weighted by Gasteiger charge is 2.24. The number of hydrogen-bond donors (Lipinski definition) is 1. The maximum atomic E-state index is 13.4. The van der Waals surface area contributed by atoms with Crippen molar-refractivity contribution in [2.45, 2.75) is 33.1 Å².